The lowest BCUT2D eigenvalue weighted by atomic mass is 10.1. The number of fused-ring (bicyclic) bond motifs is 1. The van der Waals surface area contributed by atoms with Gasteiger partial charge in [-0.15, -0.1) is 0 Å². The van der Waals surface area contributed by atoms with Crippen LogP contribution in [0.1, 0.15) is 38.8 Å². The molecule has 0 bridgehead atoms. The summed E-state index contributed by atoms with van der Waals surface area (Å²) in [5, 5.41) is 0.902. The van der Waals surface area contributed by atoms with Gasteiger partial charge in [-0.2, -0.15) is 0 Å². The minimum absolute atomic E-state index is 0.0223. The van der Waals surface area contributed by atoms with E-state index in [1.807, 2.05) is 32.0 Å². The van der Waals surface area contributed by atoms with E-state index < -0.39 is 12.1 Å². The van der Waals surface area contributed by atoms with Gasteiger partial charge in [-0.3, -0.25) is 9.59 Å². The molecule has 2 heterocycles. The molecule has 1 aliphatic heterocycles. The standard InChI is InChI=1S/C21H27NO5/c1-5-16-6-7-18-17(12-25-19(18)8-16)9-20(23)27-15(4)21(24)22-10-13(2)26-14(3)11-22/h6-8,12-15H,5,9-11H2,1-4H3/t13-,14-,15+/m0/s1. The van der Waals surface area contributed by atoms with Crippen molar-refractivity contribution < 1.29 is 23.5 Å². The smallest absolute Gasteiger partial charge is 0.311 e. The number of carbonyl (C=O) groups is 2. The fourth-order valence-corrected chi connectivity index (χ4v) is 3.54. The predicted molar refractivity (Wildman–Crippen MR) is 101 cm³/mol. The number of nitrogens with zero attached hydrogens (tertiary/aromatic N) is 1. The van der Waals surface area contributed by atoms with Crippen molar-refractivity contribution in [3.63, 3.8) is 0 Å². The van der Waals surface area contributed by atoms with Crippen molar-refractivity contribution in [1.82, 2.24) is 4.90 Å². The molecule has 0 N–H and O–H groups in total. The van der Waals surface area contributed by atoms with Gasteiger partial charge in [-0.25, -0.2) is 0 Å². The van der Waals surface area contributed by atoms with Crippen LogP contribution in [-0.2, 0) is 31.9 Å². The van der Waals surface area contributed by atoms with Gasteiger partial charge in [-0.1, -0.05) is 19.1 Å². The van der Waals surface area contributed by atoms with Gasteiger partial charge in [0, 0.05) is 24.0 Å². The van der Waals surface area contributed by atoms with Crippen molar-refractivity contribution in [1.29, 1.82) is 0 Å². The van der Waals surface area contributed by atoms with Crippen molar-refractivity contribution in [2.45, 2.75) is 58.8 Å². The third-order valence-electron chi connectivity index (χ3n) is 4.85. The summed E-state index contributed by atoms with van der Waals surface area (Å²) in [5.41, 5.74) is 2.71. The Morgan fingerprint density at radius 1 is 1.26 bits per heavy atom. The molecule has 6 heteroatoms. The summed E-state index contributed by atoms with van der Waals surface area (Å²) >= 11 is 0. The first-order chi connectivity index (χ1) is 12.9. The van der Waals surface area contributed by atoms with Crippen LogP contribution in [0.25, 0.3) is 11.0 Å². The van der Waals surface area contributed by atoms with Crippen molar-refractivity contribution >= 4 is 22.8 Å². The van der Waals surface area contributed by atoms with Crippen LogP contribution < -0.4 is 0 Å². The number of benzene rings is 1. The molecule has 2 aromatic rings. The van der Waals surface area contributed by atoms with Crippen molar-refractivity contribution in [2.75, 3.05) is 13.1 Å². The number of morpholine rings is 1. The lowest BCUT2D eigenvalue weighted by Crippen LogP contribution is -2.51. The highest BCUT2D eigenvalue weighted by Crippen LogP contribution is 2.23. The highest BCUT2D eigenvalue weighted by molar-refractivity contribution is 5.88. The summed E-state index contributed by atoms with van der Waals surface area (Å²) in [4.78, 5) is 26.6. The van der Waals surface area contributed by atoms with Gasteiger partial charge < -0.3 is 18.8 Å². The molecule has 0 unspecified atom stereocenters. The predicted octanol–water partition coefficient (Wildman–Crippen LogP) is 3.11. The van der Waals surface area contributed by atoms with E-state index in [1.54, 1.807) is 18.1 Å². The molecule has 3 atom stereocenters. The summed E-state index contributed by atoms with van der Waals surface area (Å²) < 4.78 is 16.6. The van der Waals surface area contributed by atoms with Crippen molar-refractivity contribution in [3.8, 4) is 0 Å². The molecule has 3 rings (SSSR count). The number of carbonyl (C=O) groups excluding carboxylic acids is 2. The molecule has 0 aliphatic carbocycles. The first-order valence-electron chi connectivity index (χ1n) is 9.50. The third kappa shape index (κ3) is 4.50. The molecule has 1 aliphatic rings. The van der Waals surface area contributed by atoms with E-state index >= 15 is 0 Å². The third-order valence-corrected chi connectivity index (χ3v) is 4.85. The van der Waals surface area contributed by atoms with E-state index in [1.165, 1.54) is 5.56 Å². The number of hydrogen-bond acceptors (Lipinski definition) is 5. The highest BCUT2D eigenvalue weighted by atomic mass is 16.5. The van der Waals surface area contributed by atoms with Crippen LogP contribution in [-0.4, -0.2) is 48.2 Å². The topological polar surface area (TPSA) is 69.0 Å². The fourth-order valence-electron chi connectivity index (χ4n) is 3.54. The lowest BCUT2D eigenvalue weighted by molar-refractivity contribution is -0.164. The largest absolute Gasteiger partial charge is 0.464 e. The van der Waals surface area contributed by atoms with Crippen LogP contribution >= 0.6 is 0 Å². The second-order valence-electron chi connectivity index (χ2n) is 7.25. The summed E-state index contributed by atoms with van der Waals surface area (Å²) in [5.74, 6) is -0.623. The molecular formula is C21H27NO5. The van der Waals surface area contributed by atoms with E-state index in [4.69, 9.17) is 13.9 Å². The molecule has 0 radical (unpaired) electrons. The van der Waals surface area contributed by atoms with Gasteiger partial charge in [0.25, 0.3) is 5.91 Å². The number of hydrogen-bond donors (Lipinski definition) is 0. The molecule has 6 nitrogen and oxygen atoms in total. The molecule has 1 fully saturated rings. The van der Waals surface area contributed by atoms with Crippen LogP contribution in [0, 0.1) is 0 Å². The average molecular weight is 373 g/mol. The van der Waals surface area contributed by atoms with Gasteiger partial charge in [0.05, 0.1) is 24.9 Å². The Labute approximate surface area is 159 Å². The van der Waals surface area contributed by atoms with E-state index in [-0.39, 0.29) is 24.5 Å². The Bertz CT molecular complexity index is 817. The van der Waals surface area contributed by atoms with E-state index in [2.05, 4.69) is 6.92 Å². The SMILES string of the molecule is CCc1ccc2c(CC(=O)O[C@H](C)C(=O)N3C[C@H](C)O[C@@H](C)C3)coc2c1. The Morgan fingerprint density at radius 2 is 1.96 bits per heavy atom. The number of rotatable bonds is 5. The molecule has 0 spiro atoms. The zero-order valence-electron chi connectivity index (χ0n) is 16.4. The Morgan fingerprint density at radius 3 is 2.63 bits per heavy atom. The molecule has 1 aromatic heterocycles. The highest BCUT2D eigenvalue weighted by Gasteiger charge is 2.30. The molecular weight excluding hydrogens is 346 g/mol. The molecule has 1 saturated heterocycles. The van der Waals surface area contributed by atoms with Gasteiger partial charge in [-0.05, 0) is 38.8 Å². The number of amides is 1. The Balaban J connectivity index is 1.61. The molecule has 1 amide bonds. The molecule has 146 valence electrons. The quantitative estimate of drug-likeness (QED) is 0.753. The summed E-state index contributed by atoms with van der Waals surface area (Å²) in [6, 6.07) is 5.97. The second-order valence-corrected chi connectivity index (χ2v) is 7.25. The fraction of sp³-hybridized carbons (Fsp3) is 0.524. The lowest BCUT2D eigenvalue weighted by Gasteiger charge is -2.36. The average Bonchev–Trinajstić information content (AvgIpc) is 3.01. The van der Waals surface area contributed by atoms with Crippen molar-refractivity contribution in [2.24, 2.45) is 0 Å². The van der Waals surface area contributed by atoms with E-state index in [9.17, 15) is 9.59 Å². The Hall–Kier alpha value is -2.34. The van der Waals surface area contributed by atoms with Crippen LogP contribution in [0.4, 0.5) is 0 Å². The van der Waals surface area contributed by atoms with Gasteiger partial charge in [0.2, 0.25) is 0 Å². The van der Waals surface area contributed by atoms with Crippen LogP contribution in [0.5, 0.6) is 0 Å². The molecule has 27 heavy (non-hydrogen) atoms. The van der Waals surface area contributed by atoms with E-state index in [0.29, 0.717) is 13.1 Å². The summed E-state index contributed by atoms with van der Waals surface area (Å²) in [6.45, 7) is 8.58. The van der Waals surface area contributed by atoms with Crippen LogP contribution in [0.3, 0.4) is 0 Å². The van der Waals surface area contributed by atoms with Crippen LogP contribution in [0.2, 0.25) is 0 Å². The maximum absolute atomic E-state index is 12.6. The molecule has 0 saturated carbocycles. The van der Waals surface area contributed by atoms with Gasteiger partial charge >= 0.3 is 5.97 Å². The van der Waals surface area contributed by atoms with E-state index in [0.717, 1.165) is 23.0 Å². The van der Waals surface area contributed by atoms with Crippen molar-refractivity contribution in [3.05, 3.63) is 35.6 Å². The Kier molecular flexibility index (Phi) is 5.85. The zero-order valence-corrected chi connectivity index (χ0v) is 16.4. The zero-order chi connectivity index (χ0) is 19.6. The van der Waals surface area contributed by atoms with Gasteiger partial charge in [0.15, 0.2) is 6.10 Å². The summed E-state index contributed by atoms with van der Waals surface area (Å²) in [7, 11) is 0. The maximum atomic E-state index is 12.6. The minimum Gasteiger partial charge on any atom is -0.464 e. The first-order valence-corrected chi connectivity index (χ1v) is 9.50. The molecule has 1 aromatic carbocycles. The maximum Gasteiger partial charge on any atom is 0.311 e. The normalized spacial score (nSPS) is 21.3. The number of furan rings is 1. The monoisotopic (exact) mass is 373 g/mol. The minimum atomic E-state index is -0.820. The van der Waals surface area contributed by atoms with Crippen LogP contribution in [0.15, 0.2) is 28.9 Å². The summed E-state index contributed by atoms with van der Waals surface area (Å²) in [6.07, 6.45) is 1.72. The van der Waals surface area contributed by atoms with Gasteiger partial charge in [0.1, 0.15) is 5.58 Å². The number of ether oxygens (including phenoxy) is 2. The first kappa shape index (κ1) is 19.4. The number of esters is 1. The number of aryl methyl sites for hydroxylation is 1. The second kappa shape index (κ2) is 8.13.